The molecule has 1 heterocycles. The number of carbonyl (C=O) groups is 1. The fourth-order valence-electron chi connectivity index (χ4n) is 1.88. The van der Waals surface area contributed by atoms with E-state index >= 15 is 0 Å². The molecule has 100 valence electrons. The first-order chi connectivity index (χ1) is 8.70. The molecule has 18 heavy (non-hydrogen) atoms. The molecule has 1 saturated carbocycles. The summed E-state index contributed by atoms with van der Waals surface area (Å²) >= 11 is 1.33. The number of thioether (sulfide) groups is 1. The minimum atomic E-state index is -0.610. The molecule has 1 N–H and O–H groups in total. The van der Waals surface area contributed by atoms with Crippen LogP contribution in [0.2, 0.25) is 0 Å². The van der Waals surface area contributed by atoms with Crippen LogP contribution in [0.15, 0.2) is 9.64 Å². The van der Waals surface area contributed by atoms with Crippen molar-refractivity contribution in [1.82, 2.24) is 10.2 Å². The minimum Gasteiger partial charge on any atom is -0.459 e. The van der Waals surface area contributed by atoms with Crippen molar-refractivity contribution in [2.45, 2.75) is 49.2 Å². The Labute approximate surface area is 109 Å². The first-order valence-electron chi connectivity index (χ1n) is 6.06. The van der Waals surface area contributed by atoms with Gasteiger partial charge in [0.05, 0.1) is 12.7 Å². The van der Waals surface area contributed by atoms with Crippen molar-refractivity contribution in [1.29, 1.82) is 0 Å². The third-order valence-electron chi connectivity index (χ3n) is 2.78. The van der Waals surface area contributed by atoms with Gasteiger partial charge in [-0.2, -0.15) is 0 Å². The Hall–Kier alpha value is -1.08. The zero-order valence-corrected chi connectivity index (χ0v) is 11.0. The summed E-state index contributed by atoms with van der Waals surface area (Å²) in [6.07, 6.45) is 3.52. The van der Waals surface area contributed by atoms with Gasteiger partial charge in [-0.05, 0) is 19.8 Å². The van der Waals surface area contributed by atoms with Gasteiger partial charge in [0.15, 0.2) is 0 Å². The molecule has 2 rings (SSSR count). The van der Waals surface area contributed by atoms with E-state index in [2.05, 4.69) is 10.2 Å². The number of aromatic nitrogens is 2. The number of rotatable bonds is 4. The Kier molecular flexibility index (Phi) is 4.60. The summed E-state index contributed by atoms with van der Waals surface area (Å²) in [4.78, 5) is 11.3. The molecule has 2 atom stereocenters. The van der Waals surface area contributed by atoms with E-state index in [-0.39, 0.29) is 23.9 Å². The molecule has 1 aromatic heterocycles. The van der Waals surface area contributed by atoms with E-state index in [0.717, 1.165) is 25.7 Å². The number of ether oxygens (including phenoxy) is 1. The van der Waals surface area contributed by atoms with Crippen molar-refractivity contribution >= 4 is 17.7 Å². The summed E-state index contributed by atoms with van der Waals surface area (Å²) in [6, 6.07) is 0. The van der Waals surface area contributed by atoms with Crippen LogP contribution in [0.1, 0.15) is 43.3 Å². The van der Waals surface area contributed by atoms with Gasteiger partial charge in [0.2, 0.25) is 0 Å². The molecule has 0 amide bonds. The molecule has 0 aromatic carbocycles. The topological polar surface area (TPSA) is 85.5 Å². The summed E-state index contributed by atoms with van der Waals surface area (Å²) < 4.78 is 9.96. The van der Waals surface area contributed by atoms with Crippen LogP contribution in [0.5, 0.6) is 0 Å². The van der Waals surface area contributed by atoms with Crippen molar-refractivity contribution in [3.8, 4) is 0 Å². The smallest absolute Gasteiger partial charge is 0.396 e. The van der Waals surface area contributed by atoms with E-state index in [1.54, 1.807) is 6.92 Å². The molecule has 6 nitrogen and oxygen atoms in total. The first-order valence-corrected chi connectivity index (χ1v) is 6.94. The number of esters is 1. The molecule has 0 aliphatic heterocycles. The quantitative estimate of drug-likeness (QED) is 0.834. The second kappa shape index (κ2) is 6.19. The van der Waals surface area contributed by atoms with Gasteiger partial charge in [-0.1, -0.05) is 29.7 Å². The molecule has 7 heteroatoms. The number of nitrogens with zero attached hydrogens (tertiary/aromatic N) is 2. The zero-order chi connectivity index (χ0) is 13.0. The fraction of sp³-hybridized carbons (Fsp3) is 0.727. The lowest BCUT2D eigenvalue weighted by Crippen LogP contribution is -2.26. The van der Waals surface area contributed by atoms with Crippen molar-refractivity contribution in [3.05, 3.63) is 5.89 Å². The van der Waals surface area contributed by atoms with Crippen LogP contribution in [-0.2, 0) is 4.74 Å². The molecular formula is C11H16N2O4S. The van der Waals surface area contributed by atoms with Crippen LogP contribution in [-0.4, -0.2) is 39.2 Å². The first kappa shape index (κ1) is 13.4. The Bertz CT molecular complexity index is 410. The third kappa shape index (κ3) is 3.23. The largest absolute Gasteiger partial charge is 0.459 e. The highest BCUT2D eigenvalue weighted by Crippen LogP contribution is 2.33. The molecule has 2 unspecified atom stereocenters. The van der Waals surface area contributed by atoms with Crippen molar-refractivity contribution in [2.75, 3.05) is 6.61 Å². The highest BCUT2D eigenvalue weighted by atomic mass is 32.2. The van der Waals surface area contributed by atoms with Crippen molar-refractivity contribution in [2.24, 2.45) is 0 Å². The van der Waals surface area contributed by atoms with E-state index in [4.69, 9.17) is 9.15 Å². The number of carbonyl (C=O) groups excluding carboxylic acids is 1. The summed E-state index contributed by atoms with van der Waals surface area (Å²) in [5.74, 6) is -0.745. The number of aliphatic hydroxyl groups excluding tert-OH is 1. The second-order valence-electron chi connectivity index (χ2n) is 4.10. The molecule has 0 bridgehead atoms. The Morgan fingerprint density at radius 3 is 3.00 bits per heavy atom. The molecular weight excluding hydrogens is 256 g/mol. The van der Waals surface area contributed by atoms with Gasteiger partial charge in [0.25, 0.3) is 5.22 Å². The molecule has 0 radical (unpaired) electrons. The normalized spacial score (nSPS) is 23.9. The van der Waals surface area contributed by atoms with Crippen LogP contribution in [0.3, 0.4) is 0 Å². The predicted molar refractivity (Wildman–Crippen MR) is 64.4 cm³/mol. The molecule has 0 spiro atoms. The van der Waals surface area contributed by atoms with Crippen molar-refractivity contribution in [3.63, 3.8) is 0 Å². The average Bonchev–Trinajstić information content (AvgIpc) is 2.81. The Morgan fingerprint density at radius 1 is 1.50 bits per heavy atom. The van der Waals surface area contributed by atoms with Crippen LogP contribution in [0.25, 0.3) is 0 Å². The lowest BCUT2D eigenvalue weighted by Gasteiger charge is -2.25. The van der Waals surface area contributed by atoms with E-state index in [1.807, 2.05) is 0 Å². The lowest BCUT2D eigenvalue weighted by atomic mass is 9.97. The van der Waals surface area contributed by atoms with Gasteiger partial charge in [-0.25, -0.2) is 4.79 Å². The van der Waals surface area contributed by atoms with Crippen molar-refractivity contribution < 1.29 is 19.1 Å². The van der Waals surface area contributed by atoms with Crippen LogP contribution >= 0.6 is 11.8 Å². The number of hydrogen-bond donors (Lipinski definition) is 1. The average molecular weight is 272 g/mol. The molecule has 0 saturated heterocycles. The van der Waals surface area contributed by atoms with Gasteiger partial charge in [-0.3, -0.25) is 0 Å². The van der Waals surface area contributed by atoms with Gasteiger partial charge >= 0.3 is 11.9 Å². The maximum atomic E-state index is 11.3. The van der Waals surface area contributed by atoms with Crippen LogP contribution < -0.4 is 0 Å². The Morgan fingerprint density at radius 2 is 2.28 bits per heavy atom. The monoisotopic (exact) mass is 272 g/mol. The molecule has 1 fully saturated rings. The van der Waals surface area contributed by atoms with E-state index < -0.39 is 5.97 Å². The summed E-state index contributed by atoms with van der Waals surface area (Å²) in [5.41, 5.74) is 0. The maximum absolute atomic E-state index is 11.3. The van der Waals surface area contributed by atoms with E-state index in [0.29, 0.717) is 5.22 Å². The standard InChI is InChI=1S/C11H16N2O4S/c1-2-16-10(15)9-12-13-11(17-9)18-8-6-4-3-5-7(8)14/h7-8,14H,2-6H2,1H3. The SMILES string of the molecule is CCOC(=O)c1nnc(SC2CCCCC2O)o1. The van der Waals surface area contributed by atoms with E-state index in [1.165, 1.54) is 11.8 Å². The van der Waals surface area contributed by atoms with E-state index in [9.17, 15) is 9.90 Å². The van der Waals surface area contributed by atoms with Gasteiger partial charge in [0.1, 0.15) is 0 Å². The van der Waals surface area contributed by atoms with Crippen LogP contribution in [0.4, 0.5) is 0 Å². The molecule has 1 aliphatic carbocycles. The second-order valence-corrected chi connectivity index (χ2v) is 5.29. The number of aliphatic hydroxyl groups is 1. The zero-order valence-electron chi connectivity index (χ0n) is 10.2. The summed E-state index contributed by atoms with van der Waals surface area (Å²) in [7, 11) is 0. The van der Waals surface area contributed by atoms with Crippen LogP contribution in [0, 0.1) is 0 Å². The summed E-state index contributed by atoms with van der Waals surface area (Å²) in [5, 5.41) is 17.6. The lowest BCUT2D eigenvalue weighted by molar-refractivity contribution is 0.0475. The summed E-state index contributed by atoms with van der Waals surface area (Å²) in [6.45, 7) is 1.98. The fourth-order valence-corrected chi connectivity index (χ4v) is 2.93. The van der Waals surface area contributed by atoms with Gasteiger partial charge in [-0.15, -0.1) is 5.10 Å². The minimum absolute atomic E-state index is 0.0641. The molecule has 1 aromatic rings. The number of hydrogen-bond acceptors (Lipinski definition) is 7. The third-order valence-corrected chi connectivity index (χ3v) is 4.00. The highest BCUT2D eigenvalue weighted by molar-refractivity contribution is 7.99. The maximum Gasteiger partial charge on any atom is 0.396 e. The Balaban J connectivity index is 1.95. The van der Waals surface area contributed by atoms with Gasteiger partial charge in [0, 0.05) is 5.25 Å². The predicted octanol–water partition coefficient (Wildman–Crippen LogP) is 1.64. The van der Waals surface area contributed by atoms with Gasteiger partial charge < -0.3 is 14.3 Å². The molecule has 1 aliphatic rings. The highest BCUT2D eigenvalue weighted by Gasteiger charge is 2.26.